The quantitative estimate of drug-likeness (QED) is 0.284. The zero-order valence-electron chi connectivity index (χ0n) is 21.4. The number of pyridine rings is 1. The van der Waals surface area contributed by atoms with Gasteiger partial charge in [-0.3, -0.25) is 5.43 Å². The van der Waals surface area contributed by atoms with Crippen molar-refractivity contribution >= 4 is 28.1 Å². The number of nitrogens with one attached hydrogen (secondary N) is 1. The molecule has 1 aliphatic carbocycles. The molecule has 2 heterocycles. The van der Waals surface area contributed by atoms with Crippen molar-refractivity contribution in [3.63, 3.8) is 0 Å². The fourth-order valence-electron chi connectivity index (χ4n) is 5.15. The molecule has 5 aromatic rings. The number of hydrogen-bond donors (Lipinski definition) is 1. The van der Waals surface area contributed by atoms with Crippen LogP contribution in [0.1, 0.15) is 29.7 Å². The lowest BCUT2D eigenvalue weighted by molar-refractivity contribution is 0.841. The van der Waals surface area contributed by atoms with Crippen molar-refractivity contribution in [3.8, 4) is 16.9 Å². The summed E-state index contributed by atoms with van der Waals surface area (Å²) in [6.07, 6.45) is 2.91. The third-order valence-corrected chi connectivity index (χ3v) is 6.97. The van der Waals surface area contributed by atoms with Gasteiger partial charge in [-0.15, -0.1) is 0 Å². The monoisotopic (exact) mass is 486 g/mol. The number of aryl methyl sites for hydroxylation is 2. The van der Waals surface area contributed by atoms with Crippen LogP contribution in [0.4, 0.5) is 11.4 Å². The van der Waals surface area contributed by atoms with Crippen LogP contribution in [0.15, 0.2) is 90.0 Å². The summed E-state index contributed by atoms with van der Waals surface area (Å²) in [5.41, 5.74) is 13.8. The van der Waals surface area contributed by atoms with E-state index in [9.17, 15) is 0 Å². The molecule has 184 valence electrons. The minimum atomic E-state index is 0.895. The minimum Gasteiger partial charge on any atom is -0.378 e. The summed E-state index contributed by atoms with van der Waals surface area (Å²) in [7, 11) is 4.12. The number of nitrogens with zero attached hydrogens (tertiary/aromatic N) is 5. The van der Waals surface area contributed by atoms with Gasteiger partial charge in [-0.05, 0) is 68.1 Å². The summed E-state index contributed by atoms with van der Waals surface area (Å²) < 4.78 is 1.98. The molecule has 1 N–H and O–H groups in total. The molecule has 6 nitrogen and oxygen atoms in total. The highest BCUT2D eigenvalue weighted by atomic mass is 15.3. The van der Waals surface area contributed by atoms with Crippen LogP contribution in [0.5, 0.6) is 0 Å². The molecule has 0 aliphatic heterocycles. The van der Waals surface area contributed by atoms with Crippen molar-refractivity contribution in [1.82, 2.24) is 14.8 Å². The van der Waals surface area contributed by atoms with Crippen LogP contribution in [-0.2, 0) is 6.42 Å². The average Bonchev–Trinajstić information content (AvgIpc) is 3.28. The van der Waals surface area contributed by atoms with Crippen LogP contribution in [0.25, 0.3) is 28.0 Å². The van der Waals surface area contributed by atoms with Gasteiger partial charge >= 0.3 is 0 Å². The van der Waals surface area contributed by atoms with Gasteiger partial charge in [0.25, 0.3) is 0 Å². The Bertz CT molecular complexity index is 1580. The predicted molar refractivity (Wildman–Crippen MR) is 153 cm³/mol. The van der Waals surface area contributed by atoms with E-state index in [1.165, 1.54) is 5.56 Å². The van der Waals surface area contributed by atoms with Crippen molar-refractivity contribution in [1.29, 1.82) is 0 Å². The average molecular weight is 487 g/mol. The Morgan fingerprint density at radius 1 is 0.865 bits per heavy atom. The first kappa shape index (κ1) is 23.0. The van der Waals surface area contributed by atoms with E-state index in [4.69, 9.17) is 15.2 Å². The largest absolute Gasteiger partial charge is 0.378 e. The van der Waals surface area contributed by atoms with Crippen LogP contribution in [0, 0.1) is 6.92 Å². The topological polar surface area (TPSA) is 58.3 Å². The van der Waals surface area contributed by atoms with Crippen molar-refractivity contribution in [3.05, 3.63) is 102 Å². The van der Waals surface area contributed by atoms with Gasteiger partial charge in [0.1, 0.15) is 0 Å². The molecule has 0 unspecified atom stereocenters. The first-order chi connectivity index (χ1) is 18.1. The Hall–Kier alpha value is -4.45. The normalized spacial score (nSPS) is 14.1. The van der Waals surface area contributed by atoms with Crippen molar-refractivity contribution in [2.75, 3.05) is 24.4 Å². The van der Waals surface area contributed by atoms with E-state index >= 15 is 0 Å². The zero-order valence-corrected chi connectivity index (χ0v) is 21.4. The number of hydrogen-bond acceptors (Lipinski definition) is 5. The first-order valence-corrected chi connectivity index (χ1v) is 12.7. The lowest BCUT2D eigenvalue weighted by atomic mass is 9.85. The molecular formula is C31H30N6. The summed E-state index contributed by atoms with van der Waals surface area (Å²) in [6.45, 7) is 2.09. The van der Waals surface area contributed by atoms with E-state index in [2.05, 4.69) is 67.7 Å². The minimum absolute atomic E-state index is 0.895. The van der Waals surface area contributed by atoms with Crippen LogP contribution in [-0.4, -0.2) is 34.6 Å². The molecular weight excluding hydrogens is 456 g/mol. The van der Waals surface area contributed by atoms with Crippen LogP contribution >= 0.6 is 0 Å². The third kappa shape index (κ3) is 4.25. The van der Waals surface area contributed by atoms with E-state index < -0.39 is 0 Å². The molecule has 0 amide bonds. The highest BCUT2D eigenvalue weighted by molar-refractivity contribution is 6.11. The van der Waals surface area contributed by atoms with Crippen LogP contribution in [0.2, 0.25) is 0 Å². The lowest BCUT2D eigenvalue weighted by Crippen LogP contribution is -2.17. The van der Waals surface area contributed by atoms with Gasteiger partial charge in [-0.25, -0.2) is 9.67 Å². The Kier molecular flexibility index (Phi) is 5.93. The Morgan fingerprint density at radius 2 is 1.57 bits per heavy atom. The standard InChI is InChI=1S/C31H30N6/c1-21-28-26-15-10-16-27(34-33-23-11-6-4-7-12-23)29(26)30(22-17-19-24(20-18-22)36(2)3)32-31(28)37(35-21)25-13-8-5-9-14-25/h4-9,11-14,17-20,33H,10,15-16H2,1-3H3/b34-27-. The number of fused-ring (bicyclic) bond motifs is 3. The summed E-state index contributed by atoms with van der Waals surface area (Å²) >= 11 is 0. The second-order valence-corrected chi connectivity index (χ2v) is 9.68. The smallest absolute Gasteiger partial charge is 0.164 e. The van der Waals surface area contributed by atoms with Gasteiger partial charge in [0.15, 0.2) is 5.65 Å². The molecule has 6 rings (SSSR count). The maximum atomic E-state index is 5.31. The zero-order chi connectivity index (χ0) is 25.4. The fraction of sp³-hybridized carbons (Fsp3) is 0.194. The van der Waals surface area contributed by atoms with E-state index in [1.54, 1.807) is 0 Å². The molecule has 0 atom stereocenters. The van der Waals surface area contributed by atoms with E-state index in [0.717, 1.165) is 75.6 Å². The lowest BCUT2D eigenvalue weighted by Gasteiger charge is -2.23. The molecule has 1 aliphatic rings. The number of aromatic nitrogens is 3. The Balaban J connectivity index is 1.59. The van der Waals surface area contributed by atoms with Gasteiger partial charge in [-0.2, -0.15) is 10.2 Å². The molecule has 0 fully saturated rings. The van der Waals surface area contributed by atoms with Crippen LogP contribution < -0.4 is 10.3 Å². The molecule has 0 saturated carbocycles. The molecule has 0 spiro atoms. The van der Waals surface area contributed by atoms with E-state index in [-0.39, 0.29) is 0 Å². The van der Waals surface area contributed by atoms with Gasteiger partial charge in [0.2, 0.25) is 0 Å². The van der Waals surface area contributed by atoms with E-state index in [0.29, 0.717) is 0 Å². The van der Waals surface area contributed by atoms with Gasteiger partial charge < -0.3 is 4.90 Å². The maximum absolute atomic E-state index is 5.31. The second-order valence-electron chi connectivity index (χ2n) is 9.68. The first-order valence-electron chi connectivity index (χ1n) is 12.7. The number of rotatable bonds is 5. The maximum Gasteiger partial charge on any atom is 0.164 e. The van der Waals surface area contributed by atoms with Crippen LogP contribution in [0.3, 0.4) is 0 Å². The highest BCUT2D eigenvalue weighted by Crippen LogP contribution is 2.38. The summed E-state index contributed by atoms with van der Waals surface area (Å²) in [5, 5.41) is 11.0. The molecule has 0 bridgehead atoms. The second kappa shape index (κ2) is 9.54. The Morgan fingerprint density at radius 3 is 2.27 bits per heavy atom. The van der Waals surface area contributed by atoms with Crippen molar-refractivity contribution < 1.29 is 0 Å². The van der Waals surface area contributed by atoms with Crippen molar-refractivity contribution in [2.45, 2.75) is 26.2 Å². The summed E-state index contributed by atoms with van der Waals surface area (Å²) in [6, 6.07) is 29.0. The highest BCUT2D eigenvalue weighted by Gasteiger charge is 2.27. The van der Waals surface area contributed by atoms with Crippen molar-refractivity contribution in [2.24, 2.45) is 5.10 Å². The summed E-state index contributed by atoms with van der Waals surface area (Å²) in [4.78, 5) is 7.43. The number of anilines is 2. The number of hydrazone groups is 1. The molecule has 3 aromatic carbocycles. The van der Waals surface area contributed by atoms with Gasteiger partial charge in [0, 0.05) is 36.3 Å². The number of benzene rings is 3. The summed E-state index contributed by atoms with van der Waals surface area (Å²) in [5.74, 6) is 0. The third-order valence-electron chi connectivity index (χ3n) is 6.97. The fourth-order valence-corrected chi connectivity index (χ4v) is 5.15. The molecule has 0 saturated heterocycles. The molecule has 2 aromatic heterocycles. The molecule has 37 heavy (non-hydrogen) atoms. The molecule has 0 radical (unpaired) electrons. The SMILES string of the molecule is Cc1nn(-c2ccccc2)c2nc(-c3ccc(N(C)C)cc3)c3c(c12)CCC/C3=N/Nc1ccccc1. The predicted octanol–water partition coefficient (Wildman–Crippen LogP) is 6.61. The number of para-hydroxylation sites is 2. The molecule has 6 heteroatoms. The van der Waals surface area contributed by atoms with E-state index in [1.807, 2.05) is 53.2 Å². The van der Waals surface area contributed by atoms with Gasteiger partial charge in [-0.1, -0.05) is 48.5 Å². The Labute approximate surface area is 217 Å². The van der Waals surface area contributed by atoms with Gasteiger partial charge in [0.05, 0.1) is 28.5 Å².